The molecule has 5 heteroatoms. The van der Waals surface area contributed by atoms with E-state index in [1.54, 1.807) is 23.1 Å². The van der Waals surface area contributed by atoms with Crippen molar-refractivity contribution in [2.75, 3.05) is 18.0 Å². The van der Waals surface area contributed by atoms with Gasteiger partial charge in [-0.2, -0.15) is 0 Å². The maximum Gasteiger partial charge on any atom is 0.335 e. The Morgan fingerprint density at radius 3 is 2.89 bits per heavy atom. The Balaban J connectivity index is 1.85. The first kappa shape index (κ1) is 12.2. The zero-order valence-corrected chi connectivity index (χ0v) is 10.6. The minimum absolute atomic E-state index is 0.0786. The van der Waals surface area contributed by atoms with E-state index in [4.69, 9.17) is 5.11 Å². The van der Waals surface area contributed by atoms with Gasteiger partial charge in [0.15, 0.2) is 0 Å². The fourth-order valence-electron chi connectivity index (χ4n) is 2.85. The number of benzene rings is 1. The van der Waals surface area contributed by atoms with Crippen LogP contribution >= 0.6 is 0 Å². The van der Waals surface area contributed by atoms with Gasteiger partial charge in [0.2, 0.25) is 5.91 Å². The Bertz CT molecular complexity index is 535. The number of fused-ring (bicyclic) bond motifs is 1. The van der Waals surface area contributed by atoms with Crippen molar-refractivity contribution < 1.29 is 14.7 Å². The summed E-state index contributed by atoms with van der Waals surface area (Å²) in [6, 6.07) is 4.91. The molecule has 1 fully saturated rings. The number of hydrogen-bond acceptors (Lipinski definition) is 3. The molecule has 0 aromatic heterocycles. The number of nitrogens with zero attached hydrogens (tertiary/aromatic N) is 1. The summed E-state index contributed by atoms with van der Waals surface area (Å²) >= 11 is 0. The third-order valence-electron chi connectivity index (χ3n) is 3.85. The molecule has 0 radical (unpaired) electrons. The van der Waals surface area contributed by atoms with E-state index in [1.165, 1.54) is 0 Å². The topological polar surface area (TPSA) is 69.6 Å². The van der Waals surface area contributed by atoms with Crippen LogP contribution in [0.5, 0.6) is 0 Å². The van der Waals surface area contributed by atoms with Gasteiger partial charge in [-0.1, -0.05) is 0 Å². The molecule has 1 amide bonds. The third kappa shape index (κ3) is 2.10. The second-order valence-corrected chi connectivity index (χ2v) is 5.04. The van der Waals surface area contributed by atoms with E-state index in [9.17, 15) is 9.59 Å². The number of carbonyl (C=O) groups is 2. The van der Waals surface area contributed by atoms with Crippen LogP contribution in [0.4, 0.5) is 5.69 Å². The maximum atomic E-state index is 12.4. The summed E-state index contributed by atoms with van der Waals surface area (Å²) < 4.78 is 0. The van der Waals surface area contributed by atoms with Gasteiger partial charge in [-0.25, -0.2) is 4.79 Å². The molecular formula is C14H16N2O3. The summed E-state index contributed by atoms with van der Waals surface area (Å²) in [5, 5.41) is 12.2. The number of nitrogens with one attached hydrogen (secondary N) is 1. The number of anilines is 1. The number of carbonyl (C=O) groups excluding carboxylic acids is 1. The summed E-state index contributed by atoms with van der Waals surface area (Å²) in [6.07, 6.45) is 2.65. The number of carboxylic acids is 1. The second-order valence-electron chi connectivity index (χ2n) is 5.04. The van der Waals surface area contributed by atoms with E-state index in [0.29, 0.717) is 6.54 Å². The molecule has 0 bridgehead atoms. The predicted molar refractivity (Wildman–Crippen MR) is 70.5 cm³/mol. The molecular weight excluding hydrogens is 244 g/mol. The van der Waals surface area contributed by atoms with Crippen LogP contribution in [-0.4, -0.2) is 36.1 Å². The highest BCUT2D eigenvalue weighted by atomic mass is 16.4. The van der Waals surface area contributed by atoms with Crippen molar-refractivity contribution in [2.45, 2.75) is 25.3 Å². The van der Waals surface area contributed by atoms with Crippen molar-refractivity contribution in [3.05, 3.63) is 29.3 Å². The molecule has 1 aromatic rings. The number of rotatable bonds is 2. The van der Waals surface area contributed by atoms with Crippen molar-refractivity contribution in [3.63, 3.8) is 0 Å². The normalized spacial score (nSPS) is 21.5. The van der Waals surface area contributed by atoms with Crippen LogP contribution in [0.15, 0.2) is 18.2 Å². The molecule has 5 nitrogen and oxygen atoms in total. The van der Waals surface area contributed by atoms with Crippen molar-refractivity contribution in [1.29, 1.82) is 0 Å². The summed E-state index contributed by atoms with van der Waals surface area (Å²) in [7, 11) is 0. The lowest BCUT2D eigenvalue weighted by molar-refractivity contribution is -0.120. The summed E-state index contributed by atoms with van der Waals surface area (Å²) in [4.78, 5) is 25.1. The number of carboxylic acid groups (broad SMARTS) is 1. The number of hydrogen-bond donors (Lipinski definition) is 2. The zero-order chi connectivity index (χ0) is 13.4. The Labute approximate surface area is 111 Å². The standard InChI is InChI=1S/C14H16N2O3/c17-13(11-2-1-6-15-11)16-7-5-9-8-10(14(18)19)3-4-12(9)16/h3-4,8,11,15H,1-2,5-7H2,(H,18,19). The molecule has 19 heavy (non-hydrogen) atoms. The minimum atomic E-state index is -0.926. The van der Waals surface area contributed by atoms with Crippen LogP contribution in [0.2, 0.25) is 0 Å². The highest BCUT2D eigenvalue weighted by molar-refractivity contribution is 6.00. The summed E-state index contributed by atoms with van der Waals surface area (Å²) in [5.41, 5.74) is 2.10. The fraction of sp³-hybridized carbons (Fsp3) is 0.429. The fourth-order valence-corrected chi connectivity index (χ4v) is 2.85. The van der Waals surface area contributed by atoms with Crippen molar-refractivity contribution in [1.82, 2.24) is 5.32 Å². The van der Waals surface area contributed by atoms with E-state index in [-0.39, 0.29) is 17.5 Å². The van der Waals surface area contributed by atoms with Gasteiger partial charge in [-0.05, 0) is 49.6 Å². The van der Waals surface area contributed by atoms with E-state index >= 15 is 0 Å². The lowest BCUT2D eigenvalue weighted by atomic mass is 10.1. The van der Waals surface area contributed by atoms with E-state index in [0.717, 1.165) is 37.1 Å². The second kappa shape index (κ2) is 4.66. The van der Waals surface area contributed by atoms with Crippen LogP contribution in [0, 0.1) is 0 Å². The van der Waals surface area contributed by atoms with Gasteiger partial charge in [0.1, 0.15) is 0 Å². The Morgan fingerprint density at radius 1 is 1.37 bits per heavy atom. The molecule has 0 spiro atoms. The van der Waals surface area contributed by atoms with E-state index < -0.39 is 5.97 Å². The van der Waals surface area contributed by atoms with Gasteiger partial charge in [0, 0.05) is 12.2 Å². The average molecular weight is 260 g/mol. The van der Waals surface area contributed by atoms with Crippen LogP contribution in [0.1, 0.15) is 28.8 Å². The first-order valence-electron chi connectivity index (χ1n) is 6.58. The van der Waals surface area contributed by atoms with Crippen molar-refractivity contribution in [3.8, 4) is 0 Å². The minimum Gasteiger partial charge on any atom is -0.478 e. The molecule has 1 unspecified atom stereocenters. The monoisotopic (exact) mass is 260 g/mol. The zero-order valence-electron chi connectivity index (χ0n) is 10.6. The van der Waals surface area contributed by atoms with Crippen molar-refractivity contribution >= 4 is 17.6 Å². The Morgan fingerprint density at radius 2 is 2.21 bits per heavy atom. The predicted octanol–water partition coefficient (Wildman–Crippen LogP) is 1.03. The van der Waals surface area contributed by atoms with Crippen LogP contribution in [-0.2, 0) is 11.2 Å². The van der Waals surface area contributed by atoms with Gasteiger partial charge in [0.25, 0.3) is 0 Å². The quantitative estimate of drug-likeness (QED) is 0.833. The van der Waals surface area contributed by atoms with E-state index in [2.05, 4.69) is 5.32 Å². The molecule has 2 aliphatic heterocycles. The van der Waals surface area contributed by atoms with Crippen molar-refractivity contribution in [2.24, 2.45) is 0 Å². The number of aromatic carboxylic acids is 1. The van der Waals surface area contributed by atoms with Crippen LogP contribution < -0.4 is 10.2 Å². The molecule has 0 saturated carbocycles. The van der Waals surface area contributed by atoms with Gasteiger partial charge < -0.3 is 15.3 Å². The SMILES string of the molecule is O=C(O)c1ccc2c(c1)CCN2C(=O)C1CCCN1. The lowest BCUT2D eigenvalue weighted by Gasteiger charge is -2.21. The summed E-state index contributed by atoms with van der Waals surface area (Å²) in [5.74, 6) is -0.815. The Kier molecular flexibility index (Phi) is 2.98. The molecule has 100 valence electrons. The van der Waals surface area contributed by atoms with Crippen LogP contribution in [0.25, 0.3) is 0 Å². The van der Waals surface area contributed by atoms with Crippen LogP contribution in [0.3, 0.4) is 0 Å². The molecule has 3 rings (SSSR count). The molecule has 2 heterocycles. The molecule has 1 aromatic carbocycles. The molecule has 1 saturated heterocycles. The first-order valence-corrected chi connectivity index (χ1v) is 6.58. The maximum absolute atomic E-state index is 12.4. The van der Waals surface area contributed by atoms with Gasteiger partial charge in [-0.3, -0.25) is 4.79 Å². The lowest BCUT2D eigenvalue weighted by Crippen LogP contribution is -2.42. The molecule has 1 atom stereocenters. The largest absolute Gasteiger partial charge is 0.478 e. The van der Waals surface area contributed by atoms with Gasteiger partial charge in [0.05, 0.1) is 11.6 Å². The first-order chi connectivity index (χ1) is 9.16. The smallest absolute Gasteiger partial charge is 0.335 e. The summed E-state index contributed by atoms with van der Waals surface area (Å²) in [6.45, 7) is 1.55. The van der Waals surface area contributed by atoms with E-state index in [1.807, 2.05) is 0 Å². The highest BCUT2D eigenvalue weighted by Crippen LogP contribution is 2.30. The number of amides is 1. The molecule has 2 aliphatic rings. The van der Waals surface area contributed by atoms with Gasteiger partial charge >= 0.3 is 5.97 Å². The Hall–Kier alpha value is -1.88. The molecule has 0 aliphatic carbocycles. The average Bonchev–Trinajstić information content (AvgIpc) is 3.06. The molecule has 2 N–H and O–H groups in total. The highest BCUT2D eigenvalue weighted by Gasteiger charge is 2.31. The van der Waals surface area contributed by atoms with Gasteiger partial charge in [-0.15, -0.1) is 0 Å². The third-order valence-corrected chi connectivity index (χ3v) is 3.85.